The molecule has 1 aromatic rings. The number of benzene rings is 1. The zero-order valence-electron chi connectivity index (χ0n) is 10.5. The maximum Gasteiger partial charge on any atom is 0.415 e. The van der Waals surface area contributed by atoms with Crippen LogP contribution in [0.25, 0.3) is 0 Å². The Morgan fingerprint density at radius 3 is 1.62 bits per heavy atom. The zero-order valence-corrected chi connectivity index (χ0v) is 12.2. The fourth-order valence-electron chi connectivity index (χ4n) is 0.697. The Bertz CT molecular complexity index is 576. The summed E-state index contributed by atoms with van der Waals surface area (Å²) in [5, 5.41) is 10.4. The Kier molecular flexibility index (Phi) is 10.6. The third kappa shape index (κ3) is 23.9. The van der Waals surface area contributed by atoms with Crippen LogP contribution in [0, 0.1) is 0 Å². The van der Waals surface area contributed by atoms with Crippen molar-refractivity contribution < 1.29 is 40.0 Å². The van der Waals surface area contributed by atoms with Gasteiger partial charge in [-0.25, -0.2) is 0 Å². The highest BCUT2D eigenvalue weighted by molar-refractivity contribution is 7.80. The molecule has 0 atom stereocenters. The Labute approximate surface area is 121 Å². The van der Waals surface area contributed by atoms with Gasteiger partial charge >= 0.3 is 20.8 Å². The summed E-state index contributed by atoms with van der Waals surface area (Å²) < 4.78 is 60.9. The predicted molar refractivity (Wildman–Crippen MR) is 72.1 cm³/mol. The minimum atomic E-state index is -4.67. The van der Waals surface area contributed by atoms with Crippen LogP contribution in [-0.4, -0.2) is 42.7 Å². The third-order valence-corrected chi connectivity index (χ3v) is 1.63. The highest BCUT2D eigenvalue weighted by Crippen LogP contribution is 2.08. The summed E-state index contributed by atoms with van der Waals surface area (Å²) in [6, 6.07) is 7.61. The van der Waals surface area contributed by atoms with Gasteiger partial charge in [0.1, 0.15) is 0 Å². The quantitative estimate of drug-likeness (QED) is 0.206. The molecule has 14 heteroatoms. The molecule has 0 aliphatic heterocycles. The first-order valence-electron chi connectivity index (χ1n) is 4.67. The van der Waals surface area contributed by atoms with Crippen LogP contribution in [0.15, 0.2) is 24.3 Å². The minimum absolute atomic E-state index is 0.770. The average Bonchev–Trinajstić information content (AvgIpc) is 2.27. The highest BCUT2D eigenvalue weighted by Gasteiger charge is 1.99. The van der Waals surface area contributed by atoms with Gasteiger partial charge in [-0.2, -0.15) is 16.8 Å². The lowest BCUT2D eigenvalue weighted by Crippen LogP contribution is -2.14. The summed E-state index contributed by atoms with van der Waals surface area (Å²) in [5.74, 6) is 0. The van der Waals surface area contributed by atoms with Gasteiger partial charge in [0.2, 0.25) is 0 Å². The van der Waals surface area contributed by atoms with Crippen LogP contribution < -0.4 is 16.7 Å². The van der Waals surface area contributed by atoms with Crippen LogP contribution in [0.2, 0.25) is 0 Å². The molecule has 0 saturated carbocycles. The molecule has 21 heavy (non-hydrogen) atoms. The van der Waals surface area contributed by atoms with E-state index < -0.39 is 20.8 Å². The number of nitrogen functional groups attached to an aromatic ring is 1. The smallest absolute Gasteiger partial charge is 0.399 e. The van der Waals surface area contributed by atoms with E-state index in [2.05, 4.69) is 9.60 Å². The Morgan fingerprint density at radius 1 is 1.05 bits per heavy atom. The maximum absolute atomic E-state index is 9.34. The molecule has 0 fully saturated rings. The number of nitrogens with two attached hydrogens (primary N) is 1. The van der Waals surface area contributed by atoms with Crippen LogP contribution in [0.4, 0.5) is 11.4 Å². The Hall–Kier alpha value is -1.52. The zero-order chi connectivity index (χ0) is 17.1. The minimum Gasteiger partial charge on any atom is -0.399 e. The molecule has 0 saturated heterocycles. The van der Waals surface area contributed by atoms with E-state index in [-0.39, 0.29) is 0 Å². The van der Waals surface area contributed by atoms with Gasteiger partial charge in [0.25, 0.3) is 0 Å². The monoisotopic (exact) mass is 349 g/mol. The van der Waals surface area contributed by atoms with Gasteiger partial charge < -0.3 is 11.1 Å². The largest absolute Gasteiger partial charge is 0.415 e. The first-order chi connectivity index (χ1) is 9.39. The fourth-order valence-corrected chi connectivity index (χ4v) is 0.791. The molecular formula is C7H15N3O9S2. The standard InChI is InChI=1S/C7H10N2.H3NO5S.H2O4S/c1-9-7-4-2-6(8)3-5-7;2-1-6-7(3,4)5;1-5(2,3)4/h2-5,9H,8H2,1H3;1-2H,(H,3,4,5);(H2,1,2,3,4). The summed E-state index contributed by atoms with van der Waals surface area (Å²) in [6.45, 7) is 0. The van der Waals surface area contributed by atoms with E-state index in [1.54, 1.807) is 0 Å². The van der Waals surface area contributed by atoms with Gasteiger partial charge in [-0.3, -0.25) is 18.9 Å². The van der Waals surface area contributed by atoms with Crippen LogP contribution in [0.5, 0.6) is 0 Å². The lowest BCUT2D eigenvalue weighted by molar-refractivity contribution is -0.0456. The normalized spacial score (nSPS) is 10.5. The van der Waals surface area contributed by atoms with E-state index in [1.165, 1.54) is 0 Å². The van der Waals surface area contributed by atoms with Gasteiger partial charge in [0, 0.05) is 18.4 Å². The van der Waals surface area contributed by atoms with E-state index in [4.69, 9.17) is 33.0 Å². The molecule has 0 aliphatic rings. The third-order valence-electron chi connectivity index (χ3n) is 1.34. The topological polar surface area (TPSA) is 209 Å². The number of hydrogen-bond acceptors (Lipinski definition) is 9. The fraction of sp³-hybridized carbons (Fsp3) is 0.143. The molecule has 0 unspecified atom stereocenters. The number of nitrogens with one attached hydrogen (secondary N) is 2. The van der Waals surface area contributed by atoms with Gasteiger partial charge in [-0.05, 0) is 24.3 Å². The van der Waals surface area contributed by atoms with Crippen molar-refractivity contribution in [1.29, 1.82) is 0 Å². The van der Waals surface area contributed by atoms with Crippen molar-refractivity contribution in [3.8, 4) is 0 Å². The van der Waals surface area contributed by atoms with Gasteiger partial charge in [-0.15, -0.1) is 4.28 Å². The molecular weight excluding hydrogens is 334 g/mol. The van der Waals surface area contributed by atoms with Crippen molar-refractivity contribution in [2.24, 2.45) is 0 Å². The summed E-state index contributed by atoms with van der Waals surface area (Å²) in [7, 11) is -7.32. The van der Waals surface area contributed by atoms with Crippen molar-refractivity contribution in [2.45, 2.75) is 0 Å². The Morgan fingerprint density at radius 2 is 1.43 bits per heavy atom. The van der Waals surface area contributed by atoms with E-state index in [0.29, 0.717) is 0 Å². The molecule has 12 nitrogen and oxygen atoms in total. The Balaban J connectivity index is 0. The molecule has 1 rings (SSSR count). The van der Waals surface area contributed by atoms with Crippen molar-refractivity contribution in [3.05, 3.63) is 24.3 Å². The van der Waals surface area contributed by atoms with E-state index in [0.717, 1.165) is 17.0 Å². The predicted octanol–water partition coefficient (Wildman–Crippen LogP) is -0.643. The molecule has 124 valence electrons. The summed E-state index contributed by atoms with van der Waals surface area (Å²) in [5.41, 5.74) is 8.11. The molecule has 1 aromatic carbocycles. The van der Waals surface area contributed by atoms with E-state index >= 15 is 0 Å². The number of hydrogen-bond donors (Lipinski definition) is 7. The molecule has 0 radical (unpaired) electrons. The molecule has 0 bridgehead atoms. The second-order valence-corrected chi connectivity index (χ2v) is 4.84. The number of rotatable bonds is 3. The number of anilines is 2. The van der Waals surface area contributed by atoms with Crippen LogP contribution in [-0.2, 0) is 25.1 Å². The average molecular weight is 349 g/mol. The lowest BCUT2D eigenvalue weighted by Gasteiger charge is -1.97. The molecule has 8 N–H and O–H groups in total. The van der Waals surface area contributed by atoms with Crippen molar-refractivity contribution in [2.75, 3.05) is 18.1 Å². The summed E-state index contributed by atoms with van der Waals surface area (Å²) >= 11 is 0. The van der Waals surface area contributed by atoms with Crippen molar-refractivity contribution >= 4 is 32.2 Å². The van der Waals surface area contributed by atoms with Gasteiger partial charge in [0.05, 0.1) is 0 Å². The second kappa shape index (κ2) is 10.2. The van der Waals surface area contributed by atoms with Crippen LogP contribution in [0.1, 0.15) is 0 Å². The SMILES string of the molecule is CNc1ccc(N)cc1.O=S(=O)(O)O.O=S(=O)(O)ONO. The first kappa shape index (κ1) is 21.8. The molecule has 0 spiro atoms. The van der Waals surface area contributed by atoms with E-state index in [1.807, 2.05) is 31.3 Å². The van der Waals surface area contributed by atoms with Crippen LogP contribution in [0.3, 0.4) is 0 Å². The second-order valence-electron chi connectivity index (χ2n) is 2.92. The van der Waals surface area contributed by atoms with E-state index in [9.17, 15) is 8.42 Å². The lowest BCUT2D eigenvalue weighted by atomic mass is 10.3. The first-order valence-corrected chi connectivity index (χ1v) is 7.43. The molecule has 0 aliphatic carbocycles. The molecule has 0 amide bonds. The highest BCUT2D eigenvalue weighted by atomic mass is 32.3. The van der Waals surface area contributed by atoms with Gasteiger partial charge in [0.15, 0.2) is 0 Å². The van der Waals surface area contributed by atoms with Gasteiger partial charge in [-0.1, -0.05) is 5.64 Å². The summed E-state index contributed by atoms with van der Waals surface area (Å²) in [6.07, 6.45) is 0. The van der Waals surface area contributed by atoms with Crippen molar-refractivity contribution in [3.63, 3.8) is 0 Å². The molecule has 0 aromatic heterocycles. The molecule has 0 heterocycles. The maximum atomic E-state index is 9.34. The van der Waals surface area contributed by atoms with Crippen molar-refractivity contribution in [1.82, 2.24) is 5.64 Å². The summed E-state index contributed by atoms with van der Waals surface area (Å²) in [4.78, 5) is 0. The van der Waals surface area contributed by atoms with Crippen LogP contribution >= 0.6 is 0 Å².